The molecule has 152 valence electrons. The minimum Gasteiger partial charge on any atom is -0.340 e. The van der Waals surface area contributed by atoms with Crippen molar-refractivity contribution in [2.45, 2.75) is 43.4 Å². The summed E-state index contributed by atoms with van der Waals surface area (Å²) >= 11 is 0. The van der Waals surface area contributed by atoms with Crippen LogP contribution in [-0.4, -0.2) is 27.3 Å². The second-order valence-corrected chi connectivity index (χ2v) is 10.1. The van der Waals surface area contributed by atoms with Gasteiger partial charge in [-0.3, -0.25) is 0 Å². The van der Waals surface area contributed by atoms with Crippen molar-refractivity contribution in [2.75, 3.05) is 0 Å². The maximum atomic E-state index is 13.1. The number of H-pyrrole nitrogens is 1. The van der Waals surface area contributed by atoms with Gasteiger partial charge in [0.1, 0.15) is 11.3 Å². The van der Waals surface area contributed by atoms with Crippen LogP contribution in [0.25, 0.3) is 22.1 Å². The zero-order valence-electron chi connectivity index (χ0n) is 16.5. The Hall–Kier alpha value is -3.18. The number of imidazole rings is 1. The number of nitrogens with zero attached hydrogens (tertiary/aromatic N) is 4. The number of benzene rings is 1. The first-order chi connectivity index (χ1) is 14.4. The lowest BCUT2D eigenvalue weighted by atomic mass is 9.72. The topological polar surface area (TPSA) is 104 Å². The molecule has 5 rings (SSSR count). The molecule has 0 bridgehead atoms. The summed E-state index contributed by atoms with van der Waals surface area (Å²) in [5.74, 6) is 1.15. The second-order valence-electron chi connectivity index (χ2n) is 8.26. The van der Waals surface area contributed by atoms with Gasteiger partial charge in [-0.2, -0.15) is 5.26 Å². The summed E-state index contributed by atoms with van der Waals surface area (Å²) in [6.45, 7) is 2.02. The van der Waals surface area contributed by atoms with Gasteiger partial charge < -0.3 is 4.98 Å². The summed E-state index contributed by atoms with van der Waals surface area (Å²) in [5.41, 5.74) is 1.64. The number of hydrogen-bond donors (Lipinski definition) is 1. The Labute approximate surface area is 174 Å². The average molecular weight is 420 g/mol. The van der Waals surface area contributed by atoms with Crippen molar-refractivity contribution in [2.24, 2.45) is 5.41 Å². The molecule has 0 amide bonds. The van der Waals surface area contributed by atoms with E-state index in [4.69, 9.17) is 4.98 Å². The van der Waals surface area contributed by atoms with E-state index in [2.05, 4.69) is 16.0 Å². The van der Waals surface area contributed by atoms with E-state index in [0.29, 0.717) is 11.0 Å². The second kappa shape index (κ2) is 6.67. The molecule has 0 spiro atoms. The maximum absolute atomic E-state index is 13.1. The number of aromatic amines is 1. The summed E-state index contributed by atoms with van der Waals surface area (Å²) in [6.07, 6.45) is 6.70. The van der Waals surface area contributed by atoms with Crippen LogP contribution in [-0.2, 0) is 10.0 Å². The summed E-state index contributed by atoms with van der Waals surface area (Å²) < 4.78 is 27.3. The lowest BCUT2D eigenvalue weighted by Crippen LogP contribution is -2.22. The zero-order chi connectivity index (χ0) is 20.9. The van der Waals surface area contributed by atoms with Crippen molar-refractivity contribution >= 4 is 32.1 Å². The lowest BCUT2D eigenvalue weighted by Gasteiger charge is -2.30. The van der Waals surface area contributed by atoms with E-state index in [-0.39, 0.29) is 16.2 Å². The molecule has 7 nitrogen and oxygen atoms in total. The number of pyridine rings is 1. The van der Waals surface area contributed by atoms with Crippen LogP contribution < -0.4 is 0 Å². The maximum Gasteiger partial charge on any atom is 0.269 e. The number of nitriles is 1. The molecule has 30 heavy (non-hydrogen) atoms. The molecular weight excluding hydrogens is 398 g/mol. The molecule has 1 aromatic carbocycles. The molecule has 0 aliphatic heterocycles. The molecule has 8 heteroatoms. The lowest BCUT2D eigenvalue weighted by molar-refractivity contribution is 0.266. The van der Waals surface area contributed by atoms with Crippen LogP contribution in [0.1, 0.15) is 44.3 Å². The van der Waals surface area contributed by atoms with Crippen LogP contribution in [0.4, 0.5) is 0 Å². The summed E-state index contributed by atoms with van der Waals surface area (Å²) in [6, 6.07) is 12.5. The molecular formula is C22H21N5O2S. The molecule has 0 radical (unpaired) electrons. The first-order valence-electron chi connectivity index (χ1n) is 9.99. The monoisotopic (exact) mass is 419 g/mol. The molecule has 1 aliphatic carbocycles. The van der Waals surface area contributed by atoms with Gasteiger partial charge in [-0.25, -0.2) is 22.4 Å². The highest BCUT2D eigenvalue weighted by Crippen LogP contribution is 2.42. The van der Waals surface area contributed by atoms with Crippen molar-refractivity contribution in [3.8, 4) is 6.07 Å². The van der Waals surface area contributed by atoms with E-state index in [0.717, 1.165) is 42.5 Å². The van der Waals surface area contributed by atoms with Gasteiger partial charge >= 0.3 is 0 Å². The third-order valence-corrected chi connectivity index (χ3v) is 7.87. The van der Waals surface area contributed by atoms with Crippen molar-refractivity contribution in [1.82, 2.24) is 18.9 Å². The molecule has 1 aliphatic rings. The molecule has 3 heterocycles. The number of hydrogen-bond acceptors (Lipinski definition) is 5. The molecule has 0 saturated heterocycles. The number of nitrogens with one attached hydrogen (secondary N) is 1. The quantitative estimate of drug-likeness (QED) is 0.532. The first kappa shape index (κ1) is 18.8. The SMILES string of the molecule is CC1(C#N)CCC(c2nc3c(cnc4c3ccn4S(=O)(=O)c3ccccc3)[nH]2)CC1. The molecule has 1 saturated carbocycles. The minimum absolute atomic E-state index is 0.217. The number of rotatable bonds is 3. The third kappa shape index (κ3) is 2.89. The van der Waals surface area contributed by atoms with E-state index >= 15 is 0 Å². The Morgan fingerprint density at radius 3 is 2.63 bits per heavy atom. The van der Waals surface area contributed by atoms with Gasteiger partial charge in [0.05, 0.1) is 28.1 Å². The normalized spacial score (nSPS) is 22.3. The van der Waals surface area contributed by atoms with E-state index in [1.807, 2.05) is 6.92 Å². The van der Waals surface area contributed by atoms with Gasteiger partial charge in [-0.05, 0) is 50.8 Å². The van der Waals surface area contributed by atoms with E-state index in [1.165, 1.54) is 10.2 Å². The van der Waals surface area contributed by atoms with Gasteiger partial charge in [-0.1, -0.05) is 18.2 Å². The van der Waals surface area contributed by atoms with Gasteiger partial charge in [0.15, 0.2) is 5.65 Å². The number of fused-ring (bicyclic) bond motifs is 3. The van der Waals surface area contributed by atoms with Gasteiger partial charge in [0.25, 0.3) is 10.0 Å². The predicted molar refractivity (Wildman–Crippen MR) is 113 cm³/mol. The highest BCUT2D eigenvalue weighted by molar-refractivity contribution is 7.90. The fraction of sp³-hybridized carbons (Fsp3) is 0.318. The fourth-order valence-corrected chi connectivity index (χ4v) is 5.60. The highest BCUT2D eigenvalue weighted by atomic mass is 32.2. The average Bonchev–Trinajstić information content (AvgIpc) is 3.39. The smallest absolute Gasteiger partial charge is 0.269 e. The Bertz CT molecular complexity index is 1390. The molecule has 4 aromatic rings. The van der Waals surface area contributed by atoms with Crippen LogP contribution in [0, 0.1) is 16.7 Å². The first-order valence-corrected chi connectivity index (χ1v) is 11.4. The van der Waals surface area contributed by atoms with Gasteiger partial charge in [0.2, 0.25) is 0 Å². The summed E-state index contributed by atoms with van der Waals surface area (Å²) in [5, 5.41) is 10.1. The Balaban J connectivity index is 1.55. The Kier molecular flexibility index (Phi) is 4.19. The largest absolute Gasteiger partial charge is 0.340 e. The van der Waals surface area contributed by atoms with Crippen molar-refractivity contribution in [3.63, 3.8) is 0 Å². The fourth-order valence-electron chi connectivity index (χ4n) is 4.28. The third-order valence-electron chi connectivity index (χ3n) is 6.19. The molecule has 1 fully saturated rings. The molecule has 1 N–H and O–H groups in total. The standard InChI is InChI=1S/C22H21N5O2S/c1-22(14-23)10-7-15(8-11-22)20-25-18-13-24-21-17(19(18)26-20)9-12-27(21)30(28,29)16-5-3-2-4-6-16/h2-6,9,12-13,15H,7-8,10-11H2,1H3,(H,25,26). The minimum atomic E-state index is -3.73. The number of aromatic nitrogens is 4. The summed E-state index contributed by atoms with van der Waals surface area (Å²) in [7, 11) is -3.73. The van der Waals surface area contributed by atoms with Gasteiger partial charge in [0, 0.05) is 17.5 Å². The van der Waals surface area contributed by atoms with E-state index in [1.54, 1.807) is 42.6 Å². The van der Waals surface area contributed by atoms with Crippen LogP contribution in [0.5, 0.6) is 0 Å². The van der Waals surface area contributed by atoms with E-state index < -0.39 is 10.0 Å². The van der Waals surface area contributed by atoms with Crippen LogP contribution in [0.3, 0.4) is 0 Å². The molecule has 0 unspecified atom stereocenters. The summed E-state index contributed by atoms with van der Waals surface area (Å²) in [4.78, 5) is 12.8. The van der Waals surface area contributed by atoms with Crippen LogP contribution >= 0.6 is 0 Å². The van der Waals surface area contributed by atoms with Gasteiger partial charge in [-0.15, -0.1) is 0 Å². The Morgan fingerprint density at radius 2 is 1.93 bits per heavy atom. The van der Waals surface area contributed by atoms with Crippen LogP contribution in [0.2, 0.25) is 0 Å². The predicted octanol–water partition coefficient (Wildman–Crippen LogP) is 4.34. The molecule has 0 atom stereocenters. The van der Waals surface area contributed by atoms with Crippen molar-refractivity contribution in [3.05, 3.63) is 54.6 Å². The molecule has 3 aromatic heterocycles. The van der Waals surface area contributed by atoms with Crippen molar-refractivity contribution < 1.29 is 8.42 Å². The zero-order valence-corrected chi connectivity index (χ0v) is 17.4. The van der Waals surface area contributed by atoms with E-state index in [9.17, 15) is 13.7 Å². The highest BCUT2D eigenvalue weighted by Gasteiger charge is 2.33. The van der Waals surface area contributed by atoms with Crippen LogP contribution in [0.15, 0.2) is 53.7 Å². The Morgan fingerprint density at radius 1 is 1.20 bits per heavy atom. The van der Waals surface area contributed by atoms with Crippen molar-refractivity contribution in [1.29, 1.82) is 5.26 Å².